The minimum atomic E-state index is -1.16. The molecule has 0 N–H and O–H groups in total. The predicted molar refractivity (Wildman–Crippen MR) is 76.0 cm³/mol. The monoisotopic (exact) mass is 290 g/mol. The van der Waals surface area contributed by atoms with Crippen molar-refractivity contribution in [1.29, 1.82) is 0 Å². The van der Waals surface area contributed by atoms with E-state index in [2.05, 4.69) is 0 Å². The Labute approximate surface area is 124 Å². The fraction of sp³-hybridized carbons (Fsp3) is 0.562. The molecule has 1 unspecified atom stereocenters. The molecule has 1 aromatic rings. The van der Waals surface area contributed by atoms with E-state index in [0.29, 0.717) is 19.3 Å². The van der Waals surface area contributed by atoms with E-state index >= 15 is 0 Å². The molecule has 0 heterocycles. The van der Waals surface area contributed by atoms with Crippen molar-refractivity contribution in [2.24, 2.45) is 11.3 Å². The van der Waals surface area contributed by atoms with Gasteiger partial charge in [-0.2, -0.15) is 0 Å². The lowest BCUT2D eigenvalue weighted by Crippen LogP contribution is -2.48. The molecule has 1 fully saturated rings. The molecule has 0 spiro atoms. The lowest BCUT2D eigenvalue weighted by molar-refractivity contribution is -0.502. The average molecular weight is 290 g/mol. The second-order valence-electron chi connectivity index (χ2n) is 5.98. The summed E-state index contributed by atoms with van der Waals surface area (Å²) in [5.74, 6) is -1.96. The van der Waals surface area contributed by atoms with E-state index in [0.717, 1.165) is 24.8 Å². The average Bonchev–Trinajstić information content (AvgIpc) is 2.45. The Morgan fingerprint density at radius 2 is 1.81 bits per heavy atom. The first kappa shape index (κ1) is 15.5. The first-order valence-electron chi connectivity index (χ1n) is 7.40. The summed E-state index contributed by atoms with van der Waals surface area (Å²) in [6, 6.07) is 9.29. The van der Waals surface area contributed by atoms with Gasteiger partial charge in [-0.05, 0) is 24.8 Å². The lowest BCUT2D eigenvalue weighted by atomic mass is 9.64. The normalized spacial score (nSPS) is 18.9. The van der Waals surface area contributed by atoms with Gasteiger partial charge in [-0.25, -0.2) is 0 Å². The van der Waals surface area contributed by atoms with E-state index in [1.54, 1.807) is 0 Å². The number of hydrogen-bond acceptors (Lipinski definition) is 4. The van der Waals surface area contributed by atoms with Crippen LogP contribution in [0.5, 0.6) is 0 Å². The quantitative estimate of drug-likeness (QED) is 0.591. The second-order valence-corrected chi connectivity index (χ2v) is 5.98. The third-order valence-corrected chi connectivity index (χ3v) is 4.60. The number of carbonyl (C=O) groups excluding carboxylic acids is 1. The summed E-state index contributed by atoms with van der Waals surface area (Å²) in [7, 11) is 0. The van der Waals surface area contributed by atoms with Gasteiger partial charge in [-0.3, -0.25) is 10.1 Å². The maximum absolute atomic E-state index is 11.7. The zero-order valence-corrected chi connectivity index (χ0v) is 12.0. The van der Waals surface area contributed by atoms with Gasteiger partial charge in [-0.15, -0.1) is 0 Å². The fourth-order valence-corrected chi connectivity index (χ4v) is 3.53. The molecule has 0 saturated heterocycles. The van der Waals surface area contributed by atoms with E-state index in [9.17, 15) is 20.0 Å². The largest absolute Gasteiger partial charge is 0.550 e. The Hall–Kier alpha value is -1.91. The summed E-state index contributed by atoms with van der Waals surface area (Å²) in [6.07, 6.45) is 4.22. The molecule has 0 radical (unpaired) electrons. The minimum Gasteiger partial charge on any atom is -0.550 e. The maximum atomic E-state index is 11.7. The SMILES string of the molecule is O=C([O-])C(Cc1ccccc1)C1(C[N+](=O)[O-])CCCCC1. The van der Waals surface area contributed by atoms with Gasteiger partial charge in [0.2, 0.25) is 6.54 Å². The van der Waals surface area contributed by atoms with Crippen LogP contribution in [0, 0.1) is 21.4 Å². The van der Waals surface area contributed by atoms with Gasteiger partial charge >= 0.3 is 0 Å². The summed E-state index contributed by atoms with van der Waals surface area (Å²) in [5, 5.41) is 22.7. The number of carboxylic acid groups (broad SMARTS) is 1. The molecule has 0 aromatic heterocycles. The summed E-state index contributed by atoms with van der Waals surface area (Å²) >= 11 is 0. The smallest absolute Gasteiger partial charge is 0.210 e. The highest BCUT2D eigenvalue weighted by molar-refractivity contribution is 5.69. The molecule has 1 saturated carbocycles. The van der Waals surface area contributed by atoms with Crippen LogP contribution in [0.4, 0.5) is 0 Å². The molecule has 2 rings (SSSR count). The Morgan fingerprint density at radius 1 is 1.19 bits per heavy atom. The van der Waals surface area contributed by atoms with Crippen molar-refractivity contribution >= 4 is 5.97 Å². The van der Waals surface area contributed by atoms with Gasteiger partial charge in [0.15, 0.2) is 0 Å². The number of aliphatic carboxylic acids is 1. The number of nitrogens with zero attached hydrogens (tertiary/aromatic N) is 1. The fourth-order valence-electron chi connectivity index (χ4n) is 3.53. The highest BCUT2D eigenvalue weighted by Gasteiger charge is 2.44. The van der Waals surface area contributed by atoms with E-state index < -0.39 is 17.3 Å². The van der Waals surface area contributed by atoms with E-state index in [1.807, 2.05) is 30.3 Å². The van der Waals surface area contributed by atoms with Crippen LogP contribution in [0.3, 0.4) is 0 Å². The van der Waals surface area contributed by atoms with Crippen molar-refractivity contribution < 1.29 is 14.8 Å². The predicted octanol–water partition coefficient (Wildman–Crippen LogP) is 1.82. The number of rotatable bonds is 6. The summed E-state index contributed by atoms with van der Waals surface area (Å²) < 4.78 is 0. The first-order valence-corrected chi connectivity index (χ1v) is 7.40. The number of carboxylic acids is 1. The Kier molecular flexibility index (Phi) is 4.94. The van der Waals surface area contributed by atoms with Gasteiger partial charge in [0.1, 0.15) is 0 Å². The van der Waals surface area contributed by atoms with Crippen LogP contribution < -0.4 is 5.11 Å². The molecule has 1 aliphatic rings. The third-order valence-electron chi connectivity index (χ3n) is 4.60. The number of hydrogen-bond donors (Lipinski definition) is 0. The minimum absolute atomic E-state index is 0.279. The van der Waals surface area contributed by atoms with Gasteiger partial charge in [-0.1, -0.05) is 49.6 Å². The van der Waals surface area contributed by atoms with E-state index in [1.165, 1.54) is 0 Å². The zero-order valence-electron chi connectivity index (χ0n) is 12.0. The molecule has 1 atom stereocenters. The Balaban J connectivity index is 2.27. The van der Waals surface area contributed by atoms with Crippen LogP contribution in [-0.4, -0.2) is 17.4 Å². The Morgan fingerprint density at radius 3 is 2.33 bits per heavy atom. The molecular formula is C16H20NO4-. The number of carbonyl (C=O) groups is 1. The van der Waals surface area contributed by atoms with Gasteiger partial charge in [0, 0.05) is 22.2 Å². The van der Waals surface area contributed by atoms with Crippen molar-refractivity contribution in [3.05, 3.63) is 46.0 Å². The van der Waals surface area contributed by atoms with Crippen LogP contribution >= 0.6 is 0 Å². The summed E-state index contributed by atoms with van der Waals surface area (Å²) in [4.78, 5) is 22.3. The molecular weight excluding hydrogens is 270 g/mol. The second kappa shape index (κ2) is 6.70. The van der Waals surface area contributed by atoms with Crippen LogP contribution in [-0.2, 0) is 11.2 Å². The molecule has 1 aliphatic carbocycles. The van der Waals surface area contributed by atoms with E-state index in [-0.39, 0.29) is 11.5 Å². The van der Waals surface area contributed by atoms with Gasteiger partial charge < -0.3 is 9.90 Å². The Bertz CT molecular complexity index is 494. The topological polar surface area (TPSA) is 83.3 Å². The number of benzene rings is 1. The van der Waals surface area contributed by atoms with Gasteiger partial charge in [0.25, 0.3) is 0 Å². The summed E-state index contributed by atoms with van der Waals surface area (Å²) in [6.45, 7) is -0.279. The van der Waals surface area contributed by atoms with Crippen molar-refractivity contribution in [3.63, 3.8) is 0 Å². The van der Waals surface area contributed by atoms with Crippen molar-refractivity contribution in [3.8, 4) is 0 Å². The van der Waals surface area contributed by atoms with Crippen LogP contribution in [0.15, 0.2) is 30.3 Å². The molecule has 0 aliphatic heterocycles. The standard InChI is InChI=1S/C16H21NO4/c18-15(19)14(11-13-7-3-1-4-8-13)16(12-17(20)21)9-5-2-6-10-16/h1,3-4,7-8,14H,2,5-6,9-12H2,(H,18,19)/p-1. The van der Waals surface area contributed by atoms with E-state index in [4.69, 9.17) is 0 Å². The zero-order chi connectivity index (χ0) is 15.3. The van der Waals surface area contributed by atoms with Crippen LogP contribution in [0.1, 0.15) is 37.7 Å². The van der Waals surface area contributed by atoms with Gasteiger partial charge in [0.05, 0.1) is 0 Å². The third kappa shape index (κ3) is 3.80. The maximum Gasteiger partial charge on any atom is 0.210 e. The molecule has 114 valence electrons. The van der Waals surface area contributed by atoms with Crippen LogP contribution in [0.25, 0.3) is 0 Å². The molecule has 1 aromatic carbocycles. The molecule has 5 heteroatoms. The molecule has 21 heavy (non-hydrogen) atoms. The number of nitro groups is 1. The summed E-state index contributed by atoms with van der Waals surface area (Å²) in [5.41, 5.74) is 0.121. The molecule has 0 bridgehead atoms. The lowest BCUT2D eigenvalue weighted by Gasteiger charge is -2.41. The molecule has 0 amide bonds. The highest BCUT2D eigenvalue weighted by Crippen LogP contribution is 2.44. The first-order chi connectivity index (χ1) is 10.0. The van der Waals surface area contributed by atoms with Crippen molar-refractivity contribution in [2.75, 3.05) is 6.54 Å². The van der Waals surface area contributed by atoms with Crippen LogP contribution in [0.2, 0.25) is 0 Å². The van der Waals surface area contributed by atoms with Crippen molar-refractivity contribution in [1.82, 2.24) is 0 Å². The molecule has 5 nitrogen and oxygen atoms in total. The van der Waals surface area contributed by atoms with Crippen molar-refractivity contribution in [2.45, 2.75) is 38.5 Å². The highest BCUT2D eigenvalue weighted by atomic mass is 16.6.